The molecule has 156 valence electrons. The van der Waals surface area contributed by atoms with Crippen LogP contribution in [-0.2, 0) is 13.0 Å². The van der Waals surface area contributed by atoms with Crippen LogP contribution in [0, 0.1) is 5.82 Å². The summed E-state index contributed by atoms with van der Waals surface area (Å²) in [5.74, 6) is 0.279. The van der Waals surface area contributed by atoms with E-state index in [9.17, 15) is 9.18 Å². The van der Waals surface area contributed by atoms with Crippen LogP contribution in [0.2, 0.25) is 0 Å². The Morgan fingerprint density at radius 1 is 1.24 bits per heavy atom. The summed E-state index contributed by atoms with van der Waals surface area (Å²) in [5.41, 5.74) is 8.57. The molecule has 1 aromatic carbocycles. The van der Waals surface area contributed by atoms with Crippen molar-refractivity contribution in [2.75, 3.05) is 13.6 Å². The number of halogens is 2. The maximum Gasteiger partial charge on any atom is 0.256 e. The topological polar surface area (TPSA) is 88.2 Å². The van der Waals surface area contributed by atoms with E-state index in [0.717, 1.165) is 42.6 Å². The van der Waals surface area contributed by atoms with Crippen molar-refractivity contribution in [2.45, 2.75) is 32.2 Å². The largest absolute Gasteiger partial charge is 0.467 e. The molecule has 0 fully saturated rings. The van der Waals surface area contributed by atoms with E-state index in [1.165, 1.54) is 18.4 Å². The van der Waals surface area contributed by atoms with Gasteiger partial charge in [0.15, 0.2) is 0 Å². The Morgan fingerprint density at radius 3 is 2.79 bits per heavy atom. The van der Waals surface area contributed by atoms with E-state index in [1.54, 1.807) is 24.1 Å². The number of nitrogens with one attached hydrogen (secondary N) is 1. The average Bonchev–Trinajstić information content (AvgIpc) is 3.36. The first-order valence-corrected chi connectivity index (χ1v) is 9.40. The van der Waals surface area contributed by atoms with Crippen molar-refractivity contribution < 1.29 is 13.6 Å². The quantitative estimate of drug-likeness (QED) is 0.508. The average molecular weight is 421 g/mol. The molecule has 0 aliphatic rings. The second-order valence-corrected chi connectivity index (χ2v) is 6.83. The second-order valence-electron chi connectivity index (χ2n) is 6.83. The van der Waals surface area contributed by atoms with E-state index in [2.05, 4.69) is 10.2 Å². The van der Waals surface area contributed by atoms with Crippen LogP contribution in [0.1, 0.15) is 41.1 Å². The number of furan rings is 1. The molecular weight excluding hydrogens is 395 g/mol. The van der Waals surface area contributed by atoms with Crippen molar-refractivity contribution in [3.05, 3.63) is 65.5 Å². The first-order chi connectivity index (χ1) is 13.6. The van der Waals surface area contributed by atoms with Gasteiger partial charge in [-0.05, 0) is 43.5 Å². The number of hydrogen-bond acceptors (Lipinski definition) is 4. The molecule has 0 saturated carbocycles. The molecule has 0 aliphatic heterocycles. The summed E-state index contributed by atoms with van der Waals surface area (Å²) in [4.78, 5) is 14.0. The van der Waals surface area contributed by atoms with Gasteiger partial charge < -0.3 is 15.1 Å². The smallest absolute Gasteiger partial charge is 0.256 e. The summed E-state index contributed by atoms with van der Waals surface area (Å²) in [6.45, 7) is 0.963. The zero-order chi connectivity index (χ0) is 19.9. The molecule has 6 nitrogen and oxygen atoms in total. The fraction of sp³-hybridized carbons (Fsp3) is 0.333. The van der Waals surface area contributed by atoms with Gasteiger partial charge in [-0.3, -0.25) is 9.89 Å². The standard InChI is InChI=1S/C21H25FN4O2.ClH/c1-26(21(27)16-11-19(13-23)28-14-16)9-4-2-3-8-18-12-20(25-24-18)15-6-5-7-17(22)10-15;/h5-7,10-12,14H,2-4,8-9,13,23H2,1H3,(H,24,25);1H. The number of aryl methyl sites for hydroxylation is 1. The molecule has 2 heterocycles. The first-order valence-electron chi connectivity index (χ1n) is 9.40. The van der Waals surface area contributed by atoms with Crippen LogP contribution < -0.4 is 5.73 Å². The number of carbonyl (C=O) groups is 1. The summed E-state index contributed by atoms with van der Waals surface area (Å²) in [7, 11) is 1.79. The number of aromatic amines is 1. The third-order valence-electron chi connectivity index (χ3n) is 4.64. The predicted octanol–water partition coefficient (Wildman–Crippen LogP) is 4.17. The molecule has 2 aromatic heterocycles. The van der Waals surface area contributed by atoms with E-state index in [-0.39, 0.29) is 30.7 Å². The van der Waals surface area contributed by atoms with Crippen LogP contribution in [0.5, 0.6) is 0 Å². The van der Waals surface area contributed by atoms with Gasteiger partial charge in [0.05, 0.1) is 17.8 Å². The molecule has 0 spiro atoms. The van der Waals surface area contributed by atoms with E-state index in [0.29, 0.717) is 17.9 Å². The Balaban J connectivity index is 0.00000300. The van der Waals surface area contributed by atoms with Crippen molar-refractivity contribution in [1.82, 2.24) is 15.1 Å². The minimum absolute atomic E-state index is 0. The predicted molar refractivity (Wildman–Crippen MR) is 112 cm³/mol. The lowest BCUT2D eigenvalue weighted by atomic mass is 10.1. The monoisotopic (exact) mass is 420 g/mol. The number of amides is 1. The summed E-state index contributed by atoms with van der Waals surface area (Å²) < 4.78 is 18.5. The van der Waals surface area contributed by atoms with Crippen molar-refractivity contribution in [3.63, 3.8) is 0 Å². The molecular formula is C21H26ClFN4O2. The third kappa shape index (κ3) is 6.17. The number of nitrogens with zero attached hydrogens (tertiary/aromatic N) is 2. The lowest BCUT2D eigenvalue weighted by molar-refractivity contribution is 0.0792. The van der Waals surface area contributed by atoms with Crippen LogP contribution in [0.4, 0.5) is 4.39 Å². The van der Waals surface area contributed by atoms with Crippen molar-refractivity contribution >= 4 is 18.3 Å². The van der Waals surface area contributed by atoms with Crippen LogP contribution in [0.25, 0.3) is 11.3 Å². The Kier molecular flexibility index (Phi) is 8.42. The maximum atomic E-state index is 13.3. The van der Waals surface area contributed by atoms with Gasteiger partial charge in [-0.25, -0.2) is 4.39 Å². The summed E-state index contributed by atoms with van der Waals surface area (Å²) >= 11 is 0. The minimum atomic E-state index is -0.268. The Bertz CT molecular complexity index is 925. The van der Waals surface area contributed by atoms with Gasteiger partial charge in [0.1, 0.15) is 17.8 Å². The number of aromatic nitrogens is 2. The maximum absolute atomic E-state index is 13.3. The molecule has 0 bridgehead atoms. The summed E-state index contributed by atoms with van der Waals surface area (Å²) in [6.07, 6.45) is 5.20. The molecule has 8 heteroatoms. The van der Waals surface area contributed by atoms with Crippen molar-refractivity contribution in [3.8, 4) is 11.3 Å². The lowest BCUT2D eigenvalue weighted by Gasteiger charge is -2.15. The fourth-order valence-electron chi connectivity index (χ4n) is 3.05. The minimum Gasteiger partial charge on any atom is -0.467 e. The normalized spacial score (nSPS) is 10.6. The summed E-state index contributed by atoms with van der Waals surface area (Å²) in [5, 5.41) is 7.27. The zero-order valence-electron chi connectivity index (χ0n) is 16.4. The van der Waals surface area contributed by atoms with E-state index in [1.807, 2.05) is 12.1 Å². The number of hydrogen-bond donors (Lipinski definition) is 2. The number of carbonyl (C=O) groups excluding carboxylic acids is 1. The van der Waals surface area contributed by atoms with Crippen LogP contribution in [0.15, 0.2) is 47.1 Å². The lowest BCUT2D eigenvalue weighted by Crippen LogP contribution is -2.27. The molecule has 3 aromatic rings. The number of unbranched alkanes of at least 4 members (excludes halogenated alkanes) is 2. The molecule has 0 aliphatic carbocycles. The van der Waals surface area contributed by atoms with Gasteiger partial charge in [-0.1, -0.05) is 18.6 Å². The van der Waals surface area contributed by atoms with Crippen molar-refractivity contribution in [2.24, 2.45) is 5.73 Å². The fourth-order valence-corrected chi connectivity index (χ4v) is 3.05. The summed E-state index contributed by atoms with van der Waals surface area (Å²) in [6, 6.07) is 10.1. The molecule has 29 heavy (non-hydrogen) atoms. The molecule has 3 N–H and O–H groups in total. The van der Waals surface area contributed by atoms with E-state index in [4.69, 9.17) is 10.2 Å². The number of rotatable bonds is 9. The van der Waals surface area contributed by atoms with E-state index >= 15 is 0 Å². The Hall–Kier alpha value is -2.64. The SMILES string of the molecule is CN(CCCCCc1cc(-c2cccc(F)c2)n[nH]1)C(=O)c1coc(CN)c1.Cl. The van der Waals surface area contributed by atoms with E-state index < -0.39 is 0 Å². The Morgan fingerprint density at radius 2 is 2.07 bits per heavy atom. The molecule has 1 amide bonds. The van der Waals surface area contributed by atoms with Gasteiger partial charge in [-0.2, -0.15) is 5.10 Å². The molecule has 0 saturated heterocycles. The van der Waals surface area contributed by atoms with Gasteiger partial charge in [-0.15, -0.1) is 12.4 Å². The highest BCUT2D eigenvalue weighted by atomic mass is 35.5. The Labute approximate surface area is 175 Å². The van der Waals surface area contributed by atoms with Gasteiger partial charge in [0.25, 0.3) is 5.91 Å². The molecule has 3 rings (SSSR count). The van der Waals surface area contributed by atoms with Gasteiger partial charge in [0.2, 0.25) is 0 Å². The highest BCUT2D eigenvalue weighted by Gasteiger charge is 2.14. The molecule has 0 radical (unpaired) electrons. The second kappa shape index (κ2) is 10.8. The van der Waals surface area contributed by atoms with Crippen molar-refractivity contribution in [1.29, 1.82) is 0 Å². The number of nitrogens with two attached hydrogens (primary N) is 1. The number of H-pyrrole nitrogens is 1. The van der Waals surface area contributed by atoms with Gasteiger partial charge >= 0.3 is 0 Å². The first kappa shape index (κ1) is 22.6. The highest BCUT2D eigenvalue weighted by molar-refractivity contribution is 5.93. The third-order valence-corrected chi connectivity index (χ3v) is 4.64. The number of benzene rings is 1. The molecule has 0 unspecified atom stereocenters. The van der Waals surface area contributed by atoms with Crippen LogP contribution >= 0.6 is 12.4 Å². The zero-order valence-corrected chi connectivity index (χ0v) is 17.2. The van der Waals surface area contributed by atoms with Crippen LogP contribution in [-0.4, -0.2) is 34.6 Å². The molecule has 0 atom stereocenters. The highest BCUT2D eigenvalue weighted by Crippen LogP contribution is 2.19. The van der Waals surface area contributed by atoms with Gasteiger partial charge in [0, 0.05) is 24.8 Å². The van der Waals surface area contributed by atoms with Crippen LogP contribution in [0.3, 0.4) is 0 Å².